The van der Waals surface area contributed by atoms with Gasteiger partial charge in [0, 0.05) is 24.8 Å². The van der Waals surface area contributed by atoms with Crippen LogP contribution in [0.25, 0.3) is 0 Å². The average molecular weight is 492 g/mol. The first kappa shape index (κ1) is 25.5. The van der Waals surface area contributed by atoms with Gasteiger partial charge in [-0.05, 0) is 75.6 Å². The highest BCUT2D eigenvalue weighted by molar-refractivity contribution is 7.92. The maximum absolute atomic E-state index is 13.0. The summed E-state index contributed by atoms with van der Waals surface area (Å²) in [6, 6.07) is 11.1. The molecule has 0 aromatic heterocycles. The molecule has 1 fully saturated rings. The van der Waals surface area contributed by atoms with Crippen molar-refractivity contribution in [2.75, 3.05) is 17.8 Å². The highest BCUT2D eigenvalue weighted by atomic mass is 32.2. The minimum atomic E-state index is -3.84. The molecule has 2 N–H and O–H groups in total. The van der Waals surface area contributed by atoms with Crippen molar-refractivity contribution in [3.8, 4) is 0 Å². The molecule has 1 aliphatic rings. The van der Waals surface area contributed by atoms with Crippen molar-refractivity contribution in [2.45, 2.75) is 56.6 Å². The zero-order valence-corrected chi connectivity index (χ0v) is 20.3. The zero-order valence-electron chi connectivity index (χ0n) is 19.5. The summed E-state index contributed by atoms with van der Waals surface area (Å²) in [5.41, 5.74) is 0.537. The second-order valence-electron chi connectivity index (χ2n) is 9.23. The van der Waals surface area contributed by atoms with Crippen molar-refractivity contribution >= 4 is 27.7 Å². The molecular formula is C24H30FN3O5S. The number of hydrogen-bond acceptors (Lipinski definition) is 5. The van der Waals surface area contributed by atoms with Crippen LogP contribution in [0.4, 0.5) is 14.9 Å². The largest absolute Gasteiger partial charge is 0.444 e. The fraction of sp³-hybridized carbons (Fsp3) is 0.417. The Morgan fingerprint density at radius 3 is 2.18 bits per heavy atom. The number of benzene rings is 2. The van der Waals surface area contributed by atoms with Gasteiger partial charge in [0.15, 0.2) is 0 Å². The molecule has 1 heterocycles. The number of sulfonamides is 1. The van der Waals surface area contributed by atoms with E-state index in [0.29, 0.717) is 31.6 Å². The van der Waals surface area contributed by atoms with Crippen LogP contribution in [0, 0.1) is 5.82 Å². The molecule has 10 heteroatoms. The van der Waals surface area contributed by atoms with Crippen molar-refractivity contribution < 1.29 is 27.1 Å². The summed E-state index contributed by atoms with van der Waals surface area (Å²) in [7, 11) is -3.84. The lowest BCUT2D eigenvalue weighted by molar-refractivity contribution is -0.131. The van der Waals surface area contributed by atoms with E-state index >= 15 is 0 Å². The highest BCUT2D eigenvalue weighted by Crippen LogP contribution is 2.19. The van der Waals surface area contributed by atoms with Crippen molar-refractivity contribution in [1.29, 1.82) is 0 Å². The maximum atomic E-state index is 13.0. The third-order valence-electron chi connectivity index (χ3n) is 5.25. The van der Waals surface area contributed by atoms with E-state index in [-0.39, 0.29) is 23.3 Å². The Hall–Kier alpha value is -3.14. The lowest BCUT2D eigenvalue weighted by atomic mass is 10.0. The molecule has 2 amide bonds. The summed E-state index contributed by atoms with van der Waals surface area (Å²) in [5.74, 6) is -0.549. The van der Waals surface area contributed by atoms with Gasteiger partial charge in [-0.1, -0.05) is 12.1 Å². The van der Waals surface area contributed by atoms with Crippen LogP contribution in [-0.2, 0) is 26.0 Å². The number of rotatable bonds is 6. The molecule has 0 atom stereocenters. The average Bonchev–Trinajstić information content (AvgIpc) is 2.74. The van der Waals surface area contributed by atoms with E-state index in [0.717, 1.165) is 17.7 Å². The number of ether oxygens (including phenoxy) is 1. The molecule has 0 saturated carbocycles. The van der Waals surface area contributed by atoms with Gasteiger partial charge in [-0.15, -0.1) is 0 Å². The molecular weight excluding hydrogens is 461 g/mol. The standard InChI is InChI=1S/C24H30FN3O5S/c1-24(2,3)33-23(30)26-19-12-14-28(15-13-19)22(29)16-17-4-8-20(9-5-17)27-34(31,32)21-10-6-18(25)7-11-21/h4-11,19,27H,12-16H2,1-3H3,(H,26,30). The van der Waals surface area contributed by atoms with Crippen LogP contribution in [0.3, 0.4) is 0 Å². The number of hydrogen-bond donors (Lipinski definition) is 2. The van der Waals surface area contributed by atoms with E-state index in [1.165, 1.54) is 12.1 Å². The molecule has 184 valence electrons. The number of amides is 2. The first-order valence-electron chi connectivity index (χ1n) is 11.1. The van der Waals surface area contributed by atoms with Gasteiger partial charge < -0.3 is 15.0 Å². The SMILES string of the molecule is CC(C)(C)OC(=O)NC1CCN(C(=O)Cc2ccc(NS(=O)(=O)c3ccc(F)cc3)cc2)CC1. The van der Waals surface area contributed by atoms with Crippen LogP contribution < -0.4 is 10.0 Å². The Morgan fingerprint density at radius 1 is 1.03 bits per heavy atom. The molecule has 0 aliphatic carbocycles. The summed E-state index contributed by atoms with van der Waals surface area (Å²) in [6.07, 6.45) is 1.03. The van der Waals surface area contributed by atoms with E-state index in [2.05, 4.69) is 10.0 Å². The number of nitrogens with one attached hydrogen (secondary N) is 2. The lowest BCUT2D eigenvalue weighted by Gasteiger charge is -2.33. The van der Waals surface area contributed by atoms with Gasteiger partial charge in [-0.25, -0.2) is 17.6 Å². The van der Waals surface area contributed by atoms with Crippen molar-refractivity contribution in [3.63, 3.8) is 0 Å². The molecule has 0 unspecified atom stereocenters. The van der Waals surface area contributed by atoms with E-state index < -0.39 is 27.5 Å². The molecule has 0 bridgehead atoms. The summed E-state index contributed by atoms with van der Waals surface area (Å²) in [5, 5.41) is 2.85. The smallest absolute Gasteiger partial charge is 0.407 e. The van der Waals surface area contributed by atoms with Crippen molar-refractivity contribution in [1.82, 2.24) is 10.2 Å². The second kappa shape index (κ2) is 10.4. The zero-order chi connectivity index (χ0) is 24.9. The number of anilines is 1. The Morgan fingerprint density at radius 2 is 1.62 bits per heavy atom. The number of nitrogens with zero attached hydrogens (tertiary/aromatic N) is 1. The van der Waals surface area contributed by atoms with Gasteiger partial charge in [-0.3, -0.25) is 9.52 Å². The van der Waals surface area contributed by atoms with Gasteiger partial charge in [0.2, 0.25) is 5.91 Å². The van der Waals surface area contributed by atoms with Gasteiger partial charge in [0.1, 0.15) is 11.4 Å². The topological polar surface area (TPSA) is 105 Å². The first-order valence-corrected chi connectivity index (χ1v) is 12.5. The quantitative estimate of drug-likeness (QED) is 0.641. The first-order chi connectivity index (χ1) is 15.9. The molecule has 2 aromatic carbocycles. The summed E-state index contributed by atoms with van der Waals surface area (Å²) in [6.45, 7) is 6.49. The predicted molar refractivity (Wildman–Crippen MR) is 126 cm³/mol. The Kier molecular flexibility index (Phi) is 7.81. The molecule has 2 aromatic rings. The van der Waals surface area contributed by atoms with Crippen molar-refractivity contribution in [2.24, 2.45) is 0 Å². The minimum Gasteiger partial charge on any atom is -0.444 e. The number of alkyl carbamates (subject to hydrolysis) is 1. The normalized spacial score (nSPS) is 15.0. The fourth-order valence-electron chi connectivity index (χ4n) is 3.55. The van der Waals surface area contributed by atoms with Gasteiger partial charge in [0.25, 0.3) is 10.0 Å². The Labute approximate surface area is 199 Å². The van der Waals surface area contributed by atoms with Gasteiger partial charge >= 0.3 is 6.09 Å². The van der Waals surface area contributed by atoms with Crippen LogP contribution >= 0.6 is 0 Å². The number of carbonyl (C=O) groups is 2. The highest BCUT2D eigenvalue weighted by Gasteiger charge is 2.25. The molecule has 34 heavy (non-hydrogen) atoms. The van der Waals surface area contributed by atoms with Crippen LogP contribution in [0.5, 0.6) is 0 Å². The van der Waals surface area contributed by atoms with Gasteiger partial charge in [0.05, 0.1) is 11.3 Å². The molecule has 8 nitrogen and oxygen atoms in total. The van der Waals surface area contributed by atoms with E-state index in [9.17, 15) is 22.4 Å². The van der Waals surface area contributed by atoms with E-state index in [4.69, 9.17) is 4.74 Å². The number of likely N-dealkylation sites (tertiary alicyclic amines) is 1. The molecule has 0 radical (unpaired) electrons. The van der Waals surface area contributed by atoms with Gasteiger partial charge in [-0.2, -0.15) is 0 Å². The maximum Gasteiger partial charge on any atom is 0.407 e. The monoisotopic (exact) mass is 491 g/mol. The Balaban J connectivity index is 1.49. The van der Waals surface area contributed by atoms with Crippen LogP contribution in [0.1, 0.15) is 39.2 Å². The third-order valence-corrected chi connectivity index (χ3v) is 6.65. The Bertz CT molecular complexity index is 1100. The number of halogens is 1. The van der Waals surface area contributed by atoms with Crippen LogP contribution in [0.15, 0.2) is 53.4 Å². The summed E-state index contributed by atoms with van der Waals surface area (Å²) < 4.78 is 45.6. The lowest BCUT2D eigenvalue weighted by Crippen LogP contribution is -2.47. The van der Waals surface area contributed by atoms with Crippen LogP contribution in [0.2, 0.25) is 0 Å². The number of piperidine rings is 1. The molecule has 3 rings (SSSR count). The van der Waals surface area contributed by atoms with Crippen molar-refractivity contribution in [3.05, 3.63) is 59.9 Å². The van der Waals surface area contributed by atoms with E-state index in [1.54, 1.807) is 49.9 Å². The predicted octanol–water partition coefficient (Wildman–Crippen LogP) is 3.68. The molecule has 1 aliphatic heterocycles. The van der Waals surface area contributed by atoms with E-state index in [1.807, 2.05) is 0 Å². The minimum absolute atomic E-state index is 0.0321. The number of carbonyl (C=O) groups excluding carboxylic acids is 2. The summed E-state index contributed by atoms with van der Waals surface area (Å²) in [4.78, 5) is 26.3. The fourth-order valence-corrected chi connectivity index (χ4v) is 4.61. The second-order valence-corrected chi connectivity index (χ2v) is 10.9. The third kappa shape index (κ3) is 7.44. The van der Waals surface area contributed by atoms with Crippen LogP contribution in [-0.4, -0.2) is 50.1 Å². The summed E-state index contributed by atoms with van der Waals surface area (Å²) >= 11 is 0. The molecule has 1 saturated heterocycles. The molecule has 0 spiro atoms.